The van der Waals surface area contributed by atoms with Gasteiger partial charge >= 0.3 is 0 Å². The molecule has 3 heterocycles. The van der Waals surface area contributed by atoms with E-state index in [2.05, 4.69) is 44.4 Å². The van der Waals surface area contributed by atoms with Crippen molar-refractivity contribution in [2.45, 2.75) is 50.2 Å². The molecule has 1 amide bonds. The average molecular weight is 404 g/mol. The van der Waals surface area contributed by atoms with Gasteiger partial charge in [-0.3, -0.25) is 4.79 Å². The third-order valence-corrected chi connectivity index (χ3v) is 6.99. The highest BCUT2D eigenvalue weighted by Gasteiger charge is 2.44. The van der Waals surface area contributed by atoms with E-state index < -0.39 is 0 Å². The Morgan fingerprint density at radius 2 is 2.19 bits per heavy atom. The number of nitrogens with two attached hydrogens (primary N) is 1. The van der Waals surface area contributed by atoms with E-state index >= 15 is 0 Å². The quantitative estimate of drug-likeness (QED) is 0.464. The first-order chi connectivity index (χ1) is 12.6. The van der Waals surface area contributed by atoms with Gasteiger partial charge in [-0.1, -0.05) is 0 Å². The third kappa shape index (κ3) is 4.10. The number of thiophene rings is 1. The Bertz CT molecular complexity index is 928. The van der Waals surface area contributed by atoms with E-state index in [1.54, 1.807) is 18.2 Å². The second-order valence-corrected chi connectivity index (χ2v) is 9.97. The van der Waals surface area contributed by atoms with Crippen molar-refractivity contribution in [3.8, 4) is 6.07 Å². The summed E-state index contributed by atoms with van der Waals surface area (Å²) in [4.78, 5) is 13.6. The number of hydrogen-bond acceptors (Lipinski definition) is 5. The first kappa shape index (κ1) is 19.7. The summed E-state index contributed by atoms with van der Waals surface area (Å²) < 4.78 is 0.739. The predicted octanol–water partition coefficient (Wildman–Crippen LogP) is 2.12. The Labute approximate surface area is 167 Å². The molecular formula is C19H23N4O2S2+. The molecule has 2 aromatic rings. The Balaban J connectivity index is 1.80. The minimum atomic E-state index is -0.222. The molecule has 0 radical (unpaired) electrons. The number of nitrogens with zero attached hydrogens (tertiary/aromatic N) is 2. The van der Waals surface area contributed by atoms with Gasteiger partial charge in [-0.15, -0.1) is 11.3 Å². The van der Waals surface area contributed by atoms with E-state index in [1.807, 2.05) is 0 Å². The molecule has 0 aliphatic carbocycles. The number of pyridine rings is 1. The molecule has 1 aliphatic rings. The zero-order chi connectivity index (χ0) is 19.8. The van der Waals surface area contributed by atoms with E-state index in [0.29, 0.717) is 15.6 Å². The lowest BCUT2D eigenvalue weighted by molar-refractivity contribution is -0.789. The number of nitriles is 1. The Hall–Kier alpha value is -2.08. The van der Waals surface area contributed by atoms with Crippen LogP contribution in [0.15, 0.2) is 29.4 Å². The molecule has 0 unspecified atom stereocenters. The number of carbonyl (C=O) groups is 1. The number of nitrogens with one attached hydrogen (secondary N) is 1. The third-order valence-electron chi connectivity index (χ3n) is 4.48. The minimum absolute atomic E-state index is 0.00460. The summed E-state index contributed by atoms with van der Waals surface area (Å²) in [5, 5.41) is 27.7. The standard InChI is InChI=1S/C19H22N4O2S2/c1-18(2)9-12-13(10-20)17(27-16(12)19(3,4)22-18)21-14(24)11-26-15-7-5-6-8-23(15)25/h5-8,22H,9,11H2,1-4H3,(H,21,24)/p+1. The van der Waals surface area contributed by atoms with Crippen LogP contribution in [-0.2, 0) is 16.8 Å². The van der Waals surface area contributed by atoms with E-state index in [-0.39, 0.29) is 22.7 Å². The maximum Gasteiger partial charge on any atom is 0.251 e. The fraction of sp³-hybridized carbons (Fsp3) is 0.421. The molecule has 0 bridgehead atoms. The highest BCUT2D eigenvalue weighted by atomic mass is 32.2. The van der Waals surface area contributed by atoms with E-state index in [1.165, 1.54) is 29.3 Å². The van der Waals surface area contributed by atoms with Gasteiger partial charge in [0.15, 0.2) is 6.20 Å². The number of thioether (sulfide) groups is 1. The molecule has 0 saturated heterocycles. The van der Waals surface area contributed by atoms with Crippen molar-refractivity contribution in [3.05, 3.63) is 45.6 Å². The lowest BCUT2D eigenvalue weighted by atomic mass is 9.81. The van der Waals surface area contributed by atoms with Crippen molar-refractivity contribution in [2.75, 3.05) is 11.1 Å². The molecule has 0 fully saturated rings. The van der Waals surface area contributed by atoms with Crippen LogP contribution in [0.2, 0.25) is 0 Å². The highest BCUT2D eigenvalue weighted by Crippen LogP contribution is 2.41. The molecule has 1 aliphatic heterocycles. The van der Waals surface area contributed by atoms with Crippen LogP contribution in [0.3, 0.4) is 0 Å². The largest absolute Gasteiger partial charge is 0.618 e. The van der Waals surface area contributed by atoms with Crippen LogP contribution < -0.4 is 15.4 Å². The number of anilines is 1. The fourth-order valence-electron chi connectivity index (χ4n) is 3.74. The minimum Gasteiger partial charge on any atom is -0.618 e. The monoisotopic (exact) mass is 403 g/mol. The summed E-state index contributed by atoms with van der Waals surface area (Å²) in [6.45, 7) is 8.63. The Morgan fingerprint density at radius 3 is 2.85 bits per heavy atom. The lowest BCUT2D eigenvalue weighted by Gasteiger charge is -2.38. The molecule has 142 valence electrons. The average Bonchev–Trinajstić information content (AvgIpc) is 2.90. The summed E-state index contributed by atoms with van der Waals surface area (Å²) >= 11 is 2.66. The number of rotatable bonds is 4. The summed E-state index contributed by atoms with van der Waals surface area (Å²) in [5.41, 5.74) is 1.46. The molecule has 2 aromatic heterocycles. The van der Waals surface area contributed by atoms with Crippen molar-refractivity contribution >= 4 is 34.0 Å². The van der Waals surface area contributed by atoms with Gasteiger partial charge in [-0.05, 0) is 51.1 Å². The van der Waals surface area contributed by atoms with Crippen molar-refractivity contribution < 1.29 is 14.8 Å². The Kier molecular flexibility index (Phi) is 5.21. The van der Waals surface area contributed by atoms with Gasteiger partial charge in [0.05, 0.1) is 21.7 Å². The zero-order valence-electron chi connectivity index (χ0n) is 15.8. The van der Waals surface area contributed by atoms with Gasteiger partial charge in [0, 0.05) is 18.6 Å². The number of quaternary nitrogens is 1. The summed E-state index contributed by atoms with van der Waals surface area (Å²) in [6.07, 6.45) is 2.19. The maximum absolute atomic E-state index is 12.4. The fourth-order valence-corrected chi connectivity index (χ4v) is 5.71. The number of hydrogen-bond donors (Lipinski definition) is 2. The second-order valence-electron chi connectivity index (χ2n) is 7.96. The van der Waals surface area contributed by atoms with Crippen molar-refractivity contribution in [1.82, 2.24) is 0 Å². The maximum atomic E-state index is 12.4. The molecule has 0 saturated carbocycles. The van der Waals surface area contributed by atoms with Crippen LogP contribution >= 0.6 is 23.1 Å². The molecule has 8 heteroatoms. The lowest BCUT2D eigenvalue weighted by Crippen LogP contribution is -3.03. The molecule has 0 aromatic carbocycles. The van der Waals surface area contributed by atoms with Crippen LogP contribution in [0, 0.1) is 16.5 Å². The second kappa shape index (κ2) is 7.15. The topological polar surface area (TPSA) is 96.4 Å². The van der Waals surface area contributed by atoms with Gasteiger partial charge < -0.3 is 15.8 Å². The normalized spacial score (nSPS) is 17.0. The van der Waals surface area contributed by atoms with Crippen LogP contribution in [-0.4, -0.2) is 17.2 Å². The molecule has 3 rings (SSSR count). The van der Waals surface area contributed by atoms with Crippen LogP contribution in [0.1, 0.15) is 43.7 Å². The smallest absolute Gasteiger partial charge is 0.251 e. The van der Waals surface area contributed by atoms with Gasteiger partial charge in [0.1, 0.15) is 16.6 Å². The highest BCUT2D eigenvalue weighted by molar-refractivity contribution is 7.99. The molecule has 0 atom stereocenters. The molecule has 27 heavy (non-hydrogen) atoms. The van der Waals surface area contributed by atoms with Gasteiger partial charge in [-0.25, -0.2) is 0 Å². The van der Waals surface area contributed by atoms with Crippen LogP contribution in [0.4, 0.5) is 5.00 Å². The van der Waals surface area contributed by atoms with Crippen molar-refractivity contribution in [3.63, 3.8) is 0 Å². The molecule has 6 nitrogen and oxygen atoms in total. The number of aromatic nitrogens is 1. The number of fused-ring (bicyclic) bond motifs is 1. The summed E-state index contributed by atoms with van der Waals surface area (Å²) in [6, 6.07) is 7.37. The van der Waals surface area contributed by atoms with E-state index in [0.717, 1.165) is 21.6 Å². The summed E-state index contributed by atoms with van der Waals surface area (Å²) in [5.74, 6) is -0.110. The first-order valence-corrected chi connectivity index (χ1v) is 10.5. The van der Waals surface area contributed by atoms with E-state index in [9.17, 15) is 15.3 Å². The SMILES string of the molecule is CC1(C)Cc2c(sc(NC(=O)CSc3cccc[n+]3[O-])c2C#N)C(C)(C)[NH2+]1. The van der Waals surface area contributed by atoms with Gasteiger partial charge in [0.2, 0.25) is 5.91 Å². The number of carbonyl (C=O) groups excluding carboxylic acids is 1. The summed E-state index contributed by atoms with van der Waals surface area (Å²) in [7, 11) is 0. The van der Waals surface area contributed by atoms with Gasteiger partial charge in [-0.2, -0.15) is 9.99 Å². The van der Waals surface area contributed by atoms with Gasteiger partial charge in [0.25, 0.3) is 5.03 Å². The zero-order valence-corrected chi connectivity index (χ0v) is 17.5. The molecule has 3 N–H and O–H groups in total. The van der Waals surface area contributed by atoms with Crippen LogP contribution in [0.5, 0.6) is 0 Å². The number of amides is 1. The molecular weight excluding hydrogens is 380 g/mol. The van der Waals surface area contributed by atoms with Crippen molar-refractivity contribution in [2.24, 2.45) is 0 Å². The predicted molar refractivity (Wildman–Crippen MR) is 107 cm³/mol. The van der Waals surface area contributed by atoms with Crippen LogP contribution in [0.25, 0.3) is 0 Å². The first-order valence-electron chi connectivity index (χ1n) is 8.67. The van der Waals surface area contributed by atoms with E-state index in [4.69, 9.17) is 0 Å². The van der Waals surface area contributed by atoms with Crippen molar-refractivity contribution in [1.29, 1.82) is 5.26 Å². The molecule has 0 spiro atoms. The Morgan fingerprint density at radius 1 is 1.44 bits per heavy atom.